The Hall–Kier alpha value is -2.98. The quantitative estimate of drug-likeness (QED) is 0.443. The van der Waals surface area contributed by atoms with Crippen molar-refractivity contribution in [3.8, 4) is 22.4 Å². The molecule has 4 rings (SSSR count). The summed E-state index contributed by atoms with van der Waals surface area (Å²) in [6.07, 6.45) is 3.62. The molecule has 0 atom stereocenters. The van der Waals surface area contributed by atoms with E-state index in [1.165, 1.54) is 16.7 Å². The monoisotopic (exact) mass is 355 g/mol. The molecule has 4 aromatic rings. The van der Waals surface area contributed by atoms with E-state index < -0.39 is 0 Å². The number of hydrogen-bond donors (Lipinski definition) is 0. The zero-order chi connectivity index (χ0) is 17.6. The number of nitrogens with zero attached hydrogens (tertiary/aromatic N) is 3. The van der Waals surface area contributed by atoms with Gasteiger partial charge in [0.1, 0.15) is 5.03 Å². The van der Waals surface area contributed by atoms with Gasteiger partial charge in [-0.25, -0.2) is 0 Å². The third-order valence-corrected chi connectivity index (χ3v) is 5.06. The highest BCUT2D eigenvalue weighted by molar-refractivity contribution is 7.98. The third-order valence-electron chi connectivity index (χ3n) is 4.06. The summed E-state index contributed by atoms with van der Waals surface area (Å²) in [5, 5.41) is 9.65. The second-order valence-corrected chi connectivity index (χ2v) is 6.84. The van der Waals surface area contributed by atoms with E-state index >= 15 is 0 Å². The number of hydrogen-bond acceptors (Lipinski definition) is 4. The molecule has 0 aliphatic rings. The SMILES string of the molecule is c1ccc(-c2ccc(-c3ccc(SCc4ccncc4)nn3)cc2)cc1. The van der Waals surface area contributed by atoms with E-state index in [9.17, 15) is 0 Å². The molecule has 0 unspecified atom stereocenters. The Bertz CT molecular complexity index is 954. The lowest BCUT2D eigenvalue weighted by Crippen LogP contribution is -1.90. The maximum atomic E-state index is 4.38. The van der Waals surface area contributed by atoms with Crippen molar-refractivity contribution in [3.05, 3.63) is 96.8 Å². The van der Waals surface area contributed by atoms with Crippen LogP contribution in [-0.4, -0.2) is 15.2 Å². The molecule has 0 saturated heterocycles. The van der Waals surface area contributed by atoms with Gasteiger partial charge < -0.3 is 0 Å². The largest absolute Gasteiger partial charge is 0.265 e. The van der Waals surface area contributed by atoms with E-state index in [0.29, 0.717) is 0 Å². The van der Waals surface area contributed by atoms with Crippen LogP contribution in [0.5, 0.6) is 0 Å². The lowest BCUT2D eigenvalue weighted by molar-refractivity contribution is 0.935. The van der Waals surface area contributed by atoms with E-state index in [1.54, 1.807) is 11.8 Å². The van der Waals surface area contributed by atoms with Crippen LogP contribution in [0.25, 0.3) is 22.4 Å². The van der Waals surface area contributed by atoms with Crippen LogP contribution >= 0.6 is 11.8 Å². The van der Waals surface area contributed by atoms with Crippen LogP contribution in [0.3, 0.4) is 0 Å². The number of rotatable bonds is 5. The van der Waals surface area contributed by atoms with Crippen LogP contribution in [-0.2, 0) is 5.75 Å². The summed E-state index contributed by atoms with van der Waals surface area (Å²) in [6, 6.07) is 26.9. The van der Waals surface area contributed by atoms with Gasteiger partial charge in [0.05, 0.1) is 5.69 Å². The minimum absolute atomic E-state index is 0.863. The molecule has 0 saturated carbocycles. The average Bonchev–Trinajstić information content (AvgIpc) is 2.74. The molecule has 0 bridgehead atoms. The second kappa shape index (κ2) is 7.93. The summed E-state index contributed by atoms with van der Waals surface area (Å²) in [7, 11) is 0. The van der Waals surface area contributed by atoms with Crippen molar-refractivity contribution < 1.29 is 0 Å². The molecule has 2 aromatic heterocycles. The lowest BCUT2D eigenvalue weighted by Gasteiger charge is -2.05. The van der Waals surface area contributed by atoms with Gasteiger partial charge in [0.2, 0.25) is 0 Å². The number of thioether (sulfide) groups is 1. The van der Waals surface area contributed by atoms with Gasteiger partial charge in [0.15, 0.2) is 0 Å². The van der Waals surface area contributed by atoms with Gasteiger partial charge in [-0.1, -0.05) is 66.4 Å². The maximum absolute atomic E-state index is 4.38. The third kappa shape index (κ3) is 3.98. The van der Waals surface area contributed by atoms with Crippen LogP contribution in [0.2, 0.25) is 0 Å². The number of aromatic nitrogens is 3. The van der Waals surface area contributed by atoms with Gasteiger partial charge in [-0.15, -0.1) is 10.2 Å². The van der Waals surface area contributed by atoms with E-state index in [1.807, 2.05) is 42.7 Å². The minimum Gasteiger partial charge on any atom is -0.265 e. The Morgan fingerprint density at radius 2 is 1.31 bits per heavy atom. The van der Waals surface area contributed by atoms with Crippen molar-refractivity contribution in [2.24, 2.45) is 0 Å². The van der Waals surface area contributed by atoms with Crippen LogP contribution in [0, 0.1) is 0 Å². The molecule has 3 nitrogen and oxygen atoms in total. The van der Waals surface area contributed by atoms with Gasteiger partial charge in [-0.3, -0.25) is 4.98 Å². The Labute approximate surface area is 157 Å². The molecule has 0 aliphatic heterocycles. The van der Waals surface area contributed by atoms with Crippen molar-refractivity contribution in [2.75, 3.05) is 0 Å². The van der Waals surface area contributed by atoms with E-state index in [0.717, 1.165) is 22.0 Å². The molecule has 0 radical (unpaired) electrons. The highest BCUT2D eigenvalue weighted by atomic mass is 32.2. The first-order chi connectivity index (χ1) is 12.9. The maximum Gasteiger partial charge on any atom is 0.119 e. The molecular formula is C22H17N3S. The van der Waals surface area contributed by atoms with Crippen molar-refractivity contribution in [3.63, 3.8) is 0 Å². The molecule has 0 spiro atoms. The molecule has 4 heteroatoms. The fourth-order valence-corrected chi connectivity index (χ4v) is 3.42. The molecule has 2 aromatic carbocycles. The normalized spacial score (nSPS) is 10.6. The first-order valence-corrected chi connectivity index (χ1v) is 9.38. The highest BCUT2D eigenvalue weighted by Gasteiger charge is 2.04. The lowest BCUT2D eigenvalue weighted by atomic mass is 10.0. The first-order valence-electron chi connectivity index (χ1n) is 8.40. The van der Waals surface area contributed by atoms with Gasteiger partial charge in [-0.05, 0) is 41.0 Å². The Balaban J connectivity index is 1.45. The van der Waals surface area contributed by atoms with Crippen molar-refractivity contribution >= 4 is 11.8 Å². The zero-order valence-corrected chi connectivity index (χ0v) is 14.9. The van der Waals surface area contributed by atoms with Crippen molar-refractivity contribution in [2.45, 2.75) is 10.8 Å². The standard InChI is InChI=1S/C22H17N3S/c1-2-4-18(5-3-1)19-6-8-20(9-7-19)21-10-11-22(25-24-21)26-16-17-12-14-23-15-13-17/h1-15H,16H2. The second-order valence-electron chi connectivity index (χ2n) is 5.84. The van der Waals surface area contributed by atoms with Gasteiger partial charge in [0.25, 0.3) is 0 Å². The van der Waals surface area contributed by atoms with Crippen LogP contribution in [0.1, 0.15) is 5.56 Å². The highest BCUT2D eigenvalue weighted by Crippen LogP contribution is 2.25. The van der Waals surface area contributed by atoms with Gasteiger partial charge in [-0.2, -0.15) is 0 Å². The fourth-order valence-electron chi connectivity index (χ4n) is 2.65. The van der Waals surface area contributed by atoms with E-state index in [4.69, 9.17) is 0 Å². The molecule has 0 aliphatic carbocycles. The molecule has 2 heterocycles. The van der Waals surface area contributed by atoms with Gasteiger partial charge in [0, 0.05) is 23.7 Å². The molecular weight excluding hydrogens is 338 g/mol. The fraction of sp³-hybridized carbons (Fsp3) is 0.0455. The Kier molecular flexibility index (Phi) is 5.03. The summed E-state index contributed by atoms with van der Waals surface area (Å²) in [5.74, 6) is 0.863. The molecule has 0 N–H and O–H groups in total. The van der Waals surface area contributed by atoms with Crippen LogP contribution in [0.4, 0.5) is 0 Å². The zero-order valence-electron chi connectivity index (χ0n) is 14.1. The minimum atomic E-state index is 0.863. The average molecular weight is 355 g/mol. The summed E-state index contributed by atoms with van der Waals surface area (Å²) in [5.41, 5.74) is 5.60. The topological polar surface area (TPSA) is 38.7 Å². The van der Waals surface area contributed by atoms with Crippen molar-refractivity contribution in [1.82, 2.24) is 15.2 Å². The van der Waals surface area contributed by atoms with E-state index in [2.05, 4.69) is 63.7 Å². The first kappa shape index (κ1) is 16.5. The predicted octanol–water partition coefficient (Wildman–Crippen LogP) is 5.50. The summed E-state index contributed by atoms with van der Waals surface area (Å²) in [4.78, 5) is 4.03. The smallest absolute Gasteiger partial charge is 0.119 e. The van der Waals surface area contributed by atoms with Gasteiger partial charge >= 0.3 is 0 Å². The number of benzene rings is 2. The van der Waals surface area contributed by atoms with Crippen molar-refractivity contribution in [1.29, 1.82) is 0 Å². The van der Waals surface area contributed by atoms with E-state index in [-0.39, 0.29) is 0 Å². The summed E-state index contributed by atoms with van der Waals surface area (Å²) < 4.78 is 0. The molecule has 126 valence electrons. The Morgan fingerprint density at radius 1 is 0.615 bits per heavy atom. The molecule has 0 fully saturated rings. The Morgan fingerprint density at radius 3 is 2.00 bits per heavy atom. The number of pyridine rings is 1. The molecule has 0 amide bonds. The summed E-state index contributed by atoms with van der Waals surface area (Å²) in [6.45, 7) is 0. The van der Waals surface area contributed by atoms with Crippen LogP contribution in [0.15, 0.2) is 96.3 Å². The van der Waals surface area contributed by atoms with Crippen LogP contribution < -0.4 is 0 Å². The predicted molar refractivity (Wildman–Crippen MR) is 107 cm³/mol. The summed E-state index contributed by atoms with van der Waals surface area (Å²) >= 11 is 1.68. The molecule has 26 heavy (non-hydrogen) atoms.